The van der Waals surface area contributed by atoms with Gasteiger partial charge in [-0.15, -0.1) is 0 Å². The highest BCUT2D eigenvalue weighted by Gasteiger charge is 2.41. The van der Waals surface area contributed by atoms with E-state index >= 15 is 0 Å². The van der Waals surface area contributed by atoms with Crippen molar-refractivity contribution in [3.8, 4) is 0 Å². The maximum atomic E-state index is 11.4. The van der Waals surface area contributed by atoms with Gasteiger partial charge in [0.25, 0.3) is 0 Å². The molecular formula is C25H21N3O2. The fourth-order valence-corrected chi connectivity index (χ4v) is 5.19. The SMILES string of the molecule is NC(=NC1(O)Cc2cccc3cccc1c23)NC1(O)Cc2cccc3cccc1c23. The Bertz CT molecular complexity index is 1370. The lowest BCUT2D eigenvalue weighted by Crippen LogP contribution is -2.50. The number of benzene rings is 4. The second-order valence-electron chi connectivity index (χ2n) is 8.29. The Balaban J connectivity index is 1.39. The summed E-state index contributed by atoms with van der Waals surface area (Å²) < 4.78 is 0. The van der Waals surface area contributed by atoms with Crippen molar-refractivity contribution < 1.29 is 10.2 Å². The van der Waals surface area contributed by atoms with Crippen molar-refractivity contribution in [2.75, 3.05) is 0 Å². The largest absolute Gasteiger partial charge is 0.370 e. The van der Waals surface area contributed by atoms with Crippen LogP contribution in [0.25, 0.3) is 21.5 Å². The summed E-state index contributed by atoms with van der Waals surface area (Å²) in [6, 6.07) is 23.7. The lowest BCUT2D eigenvalue weighted by atomic mass is 10.0. The standard InChI is InChI=1S/C25H21N3O2/c26-23(27-24(29)13-17-9-1-5-15-7-3-11-19(24)21(15)17)28-25(30)14-18-10-2-6-16-8-4-12-20(25)22(16)18/h1-12,29-30H,13-14H2,(H3,26,27,28). The first-order chi connectivity index (χ1) is 14.5. The minimum absolute atomic E-state index is 0.00891. The lowest BCUT2D eigenvalue weighted by molar-refractivity contribution is 0.0235. The van der Waals surface area contributed by atoms with E-state index in [1.165, 1.54) is 0 Å². The molecule has 2 atom stereocenters. The van der Waals surface area contributed by atoms with Gasteiger partial charge >= 0.3 is 0 Å². The van der Waals surface area contributed by atoms with Crippen LogP contribution in [0.2, 0.25) is 0 Å². The highest BCUT2D eigenvalue weighted by atomic mass is 16.3. The topological polar surface area (TPSA) is 90.9 Å². The summed E-state index contributed by atoms with van der Waals surface area (Å²) in [5.41, 5.74) is 7.03. The molecule has 5 nitrogen and oxygen atoms in total. The molecule has 5 N–H and O–H groups in total. The Hall–Kier alpha value is -3.41. The van der Waals surface area contributed by atoms with Gasteiger partial charge < -0.3 is 21.3 Å². The van der Waals surface area contributed by atoms with Gasteiger partial charge in [-0.25, -0.2) is 4.99 Å². The van der Waals surface area contributed by atoms with Crippen LogP contribution in [0.1, 0.15) is 22.3 Å². The molecule has 30 heavy (non-hydrogen) atoms. The molecule has 0 amide bonds. The molecule has 2 unspecified atom stereocenters. The second kappa shape index (κ2) is 5.81. The molecule has 5 heteroatoms. The molecule has 0 spiro atoms. The molecule has 0 aromatic heterocycles. The lowest BCUT2D eigenvalue weighted by Gasteiger charge is -2.28. The Labute approximate surface area is 173 Å². The number of nitrogens with one attached hydrogen (secondary N) is 1. The van der Waals surface area contributed by atoms with Crippen LogP contribution in [0.5, 0.6) is 0 Å². The van der Waals surface area contributed by atoms with Crippen LogP contribution in [0.3, 0.4) is 0 Å². The fraction of sp³-hybridized carbons (Fsp3) is 0.160. The summed E-state index contributed by atoms with van der Waals surface area (Å²) in [7, 11) is 0. The third-order valence-corrected chi connectivity index (χ3v) is 6.38. The molecular weight excluding hydrogens is 374 g/mol. The fourth-order valence-electron chi connectivity index (χ4n) is 5.19. The van der Waals surface area contributed by atoms with Crippen LogP contribution in [0.4, 0.5) is 0 Å². The van der Waals surface area contributed by atoms with Crippen molar-refractivity contribution in [3.05, 3.63) is 95.1 Å². The third kappa shape index (κ3) is 2.33. The minimum atomic E-state index is -1.46. The minimum Gasteiger partial charge on any atom is -0.370 e. The Morgan fingerprint density at radius 3 is 1.97 bits per heavy atom. The number of nitrogens with two attached hydrogens (primary N) is 1. The first-order valence-electron chi connectivity index (χ1n) is 10.1. The predicted molar refractivity (Wildman–Crippen MR) is 118 cm³/mol. The third-order valence-electron chi connectivity index (χ3n) is 6.38. The predicted octanol–water partition coefficient (Wildman–Crippen LogP) is 3.00. The van der Waals surface area contributed by atoms with Gasteiger partial charge in [-0.3, -0.25) is 0 Å². The molecule has 0 saturated heterocycles. The summed E-state index contributed by atoms with van der Waals surface area (Å²) in [5.74, 6) is 0.00891. The van der Waals surface area contributed by atoms with E-state index in [0.717, 1.165) is 43.8 Å². The van der Waals surface area contributed by atoms with Crippen LogP contribution in [-0.4, -0.2) is 16.2 Å². The van der Waals surface area contributed by atoms with E-state index in [1.807, 2.05) is 72.8 Å². The molecule has 4 aromatic rings. The molecule has 0 bridgehead atoms. The normalized spacial score (nSPS) is 24.7. The van der Waals surface area contributed by atoms with Crippen molar-refractivity contribution in [3.63, 3.8) is 0 Å². The van der Waals surface area contributed by atoms with Gasteiger partial charge in [-0.1, -0.05) is 72.8 Å². The average molecular weight is 395 g/mol. The monoisotopic (exact) mass is 395 g/mol. The summed E-state index contributed by atoms with van der Waals surface area (Å²) >= 11 is 0. The first kappa shape index (κ1) is 17.4. The van der Waals surface area contributed by atoms with E-state index < -0.39 is 11.4 Å². The van der Waals surface area contributed by atoms with E-state index in [2.05, 4.69) is 10.3 Å². The molecule has 2 aliphatic rings. The quantitative estimate of drug-likeness (QED) is 0.239. The number of aliphatic hydroxyl groups is 2. The van der Waals surface area contributed by atoms with Crippen LogP contribution >= 0.6 is 0 Å². The van der Waals surface area contributed by atoms with Gasteiger partial charge in [0.2, 0.25) is 0 Å². The average Bonchev–Trinajstić information content (AvgIpc) is 3.16. The van der Waals surface area contributed by atoms with E-state index in [-0.39, 0.29) is 5.96 Å². The van der Waals surface area contributed by atoms with Crippen LogP contribution in [0.15, 0.2) is 77.8 Å². The van der Waals surface area contributed by atoms with Gasteiger partial charge in [-0.05, 0) is 32.7 Å². The summed E-state index contributed by atoms with van der Waals surface area (Å²) in [4.78, 5) is 4.46. The number of aliphatic imine (C=N–C) groups is 1. The second-order valence-corrected chi connectivity index (χ2v) is 8.29. The van der Waals surface area contributed by atoms with Gasteiger partial charge in [-0.2, -0.15) is 0 Å². The maximum Gasteiger partial charge on any atom is 0.194 e. The summed E-state index contributed by atoms with van der Waals surface area (Å²) in [5, 5.41) is 30.0. The van der Waals surface area contributed by atoms with Crippen LogP contribution in [-0.2, 0) is 24.3 Å². The number of guanidine groups is 1. The first-order valence-corrected chi connectivity index (χ1v) is 10.1. The van der Waals surface area contributed by atoms with Gasteiger partial charge in [0.15, 0.2) is 17.4 Å². The van der Waals surface area contributed by atoms with E-state index in [0.29, 0.717) is 12.8 Å². The van der Waals surface area contributed by atoms with Crippen LogP contribution in [0, 0.1) is 0 Å². The number of rotatable bonds is 2. The molecule has 0 heterocycles. The molecule has 0 saturated carbocycles. The zero-order valence-corrected chi connectivity index (χ0v) is 16.3. The van der Waals surface area contributed by atoms with Crippen molar-refractivity contribution in [1.29, 1.82) is 0 Å². The molecule has 0 aliphatic heterocycles. The highest BCUT2D eigenvalue weighted by Crippen LogP contribution is 2.42. The van der Waals surface area contributed by atoms with Gasteiger partial charge in [0.05, 0.1) is 0 Å². The Morgan fingerprint density at radius 1 is 0.767 bits per heavy atom. The highest BCUT2D eigenvalue weighted by molar-refractivity contribution is 5.94. The molecule has 0 radical (unpaired) electrons. The van der Waals surface area contributed by atoms with Crippen LogP contribution < -0.4 is 11.1 Å². The van der Waals surface area contributed by atoms with Gasteiger partial charge in [0, 0.05) is 24.0 Å². The Morgan fingerprint density at radius 2 is 1.30 bits per heavy atom. The smallest absolute Gasteiger partial charge is 0.194 e. The van der Waals surface area contributed by atoms with E-state index in [9.17, 15) is 10.2 Å². The Kier molecular flexibility index (Phi) is 3.38. The van der Waals surface area contributed by atoms with Crippen molar-refractivity contribution >= 4 is 27.5 Å². The molecule has 148 valence electrons. The van der Waals surface area contributed by atoms with Crippen molar-refractivity contribution in [2.45, 2.75) is 24.3 Å². The number of nitrogens with zero attached hydrogens (tertiary/aromatic N) is 1. The van der Waals surface area contributed by atoms with Crippen molar-refractivity contribution in [1.82, 2.24) is 5.32 Å². The maximum absolute atomic E-state index is 11.4. The summed E-state index contributed by atoms with van der Waals surface area (Å²) in [6.07, 6.45) is 0.731. The van der Waals surface area contributed by atoms with E-state index in [1.54, 1.807) is 0 Å². The number of hydrogen-bond donors (Lipinski definition) is 4. The molecule has 2 aliphatic carbocycles. The zero-order chi connectivity index (χ0) is 20.5. The molecule has 0 fully saturated rings. The van der Waals surface area contributed by atoms with Gasteiger partial charge in [0.1, 0.15) is 0 Å². The van der Waals surface area contributed by atoms with Crippen molar-refractivity contribution in [2.24, 2.45) is 10.7 Å². The molecule has 6 rings (SSSR count). The van der Waals surface area contributed by atoms with E-state index in [4.69, 9.17) is 5.73 Å². The number of hydrogen-bond acceptors (Lipinski definition) is 3. The summed E-state index contributed by atoms with van der Waals surface area (Å²) in [6.45, 7) is 0. The zero-order valence-electron chi connectivity index (χ0n) is 16.3. The molecule has 4 aromatic carbocycles.